The molecule has 1 N–H and O–H groups in total. The number of hydrogen-bond acceptors (Lipinski definition) is 3. The van der Waals surface area contributed by atoms with E-state index >= 15 is 0 Å². The zero-order valence-corrected chi connectivity index (χ0v) is 10.3. The van der Waals surface area contributed by atoms with Crippen LogP contribution in [0.4, 0.5) is 10.1 Å². The molecular weight excluding hydrogens is 223 g/mol. The Hall–Kier alpha value is -0.740. The van der Waals surface area contributed by atoms with Crippen molar-refractivity contribution in [1.82, 2.24) is 5.32 Å². The molecule has 1 fully saturated rings. The van der Waals surface area contributed by atoms with Crippen LogP contribution in [0.25, 0.3) is 0 Å². The number of hydrogen-bond donors (Lipinski definition) is 1. The van der Waals surface area contributed by atoms with Gasteiger partial charge >= 0.3 is 0 Å². The lowest BCUT2D eigenvalue weighted by molar-refractivity contribution is 0.622. The fourth-order valence-electron chi connectivity index (χ4n) is 1.94. The molecular formula is C12H17FN2S. The average Bonchev–Trinajstić information content (AvgIpc) is 2.30. The molecule has 1 aliphatic heterocycles. The Kier molecular flexibility index (Phi) is 4.07. The monoisotopic (exact) mass is 240 g/mol. The first-order valence-corrected chi connectivity index (χ1v) is 6.72. The van der Waals surface area contributed by atoms with Crippen LogP contribution >= 0.6 is 11.8 Å². The smallest absolute Gasteiger partial charge is 0.125 e. The van der Waals surface area contributed by atoms with Crippen LogP contribution in [0.15, 0.2) is 18.2 Å². The van der Waals surface area contributed by atoms with Crippen LogP contribution in [0.3, 0.4) is 0 Å². The summed E-state index contributed by atoms with van der Waals surface area (Å²) in [4.78, 5) is 2.26. The van der Waals surface area contributed by atoms with Gasteiger partial charge in [0.05, 0.1) is 0 Å². The van der Waals surface area contributed by atoms with Crippen molar-refractivity contribution >= 4 is 17.4 Å². The van der Waals surface area contributed by atoms with E-state index in [1.807, 2.05) is 18.8 Å². The zero-order valence-electron chi connectivity index (χ0n) is 9.50. The van der Waals surface area contributed by atoms with Gasteiger partial charge in [-0.2, -0.15) is 11.8 Å². The summed E-state index contributed by atoms with van der Waals surface area (Å²) in [6.45, 7) is 2.76. The fraction of sp³-hybridized carbons (Fsp3) is 0.500. The molecule has 4 heteroatoms. The highest BCUT2D eigenvalue weighted by Crippen LogP contribution is 2.22. The Labute approximate surface area is 100 Å². The minimum atomic E-state index is -0.138. The van der Waals surface area contributed by atoms with Gasteiger partial charge < -0.3 is 10.2 Å². The second-order valence-corrected chi connectivity index (χ2v) is 5.17. The lowest BCUT2D eigenvalue weighted by Gasteiger charge is -2.28. The average molecular weight is 240 g/mol. The van der Waals surface area contributed by atoms with Crippen LogP contribution in [0.2, 0.25) is 0 Å². The molecule has 0 spiro atoms. The summed E-state index contributed by atoms with van der Waals surface area (Å²) >= 11 is 1.96. The van der Waals surface area contributed by atoms with E-state index in [-0.39, 0.29) is 5.82 Å². The molecule has 0 radical (unpaired) electrons. The maximum Gasteiger partial charge on any atom is 0.125 e. The van der Waals surface area contributed by atoms with Gasteiger partial charge in [-0.25, -0.2) is 4.39 Å². The van der Waals surface area contributed by atoms with Crippen molar-refractivity contribution in [3.63, 3.8) is 0 Å². The first kappa shape index (κ1) is 11.7. The summed E-state index contributed by atoms with van der Waals surface area (Å²) in [5, 5.41) is 3.05. The largest absolute Gasteiger partial charge is 0.370 e. The highest BCUT2D eigenvalue weighted by atomic mass is 32.2. The predicted octanol–water partition coefficient (Wildman–Crippen LogP) is 2.10. The molecule has 0 unspecified atom stereocenters. The molecule has 0 saturated carbocycles. The Bertz CT molecular complexity index is 351. The van der Waals surface area contributed by atoms with E-state index < -0.39 is 0 Å². The van der Waals surface area contributed by atoms with Gasteiger partial charge in [0, 0.05) is 36.8 Å². The number of benzene rings is 1. The molecule has 1 saturated heterocycles. The van der Waals surface area contributed by atoms with Gasteiger partial charge in [0.25, 0.3) is 0 Å². The van der Waals surface area contributed by atoms with E-state index in [1.165, 1.54) is 0 Å². The first-order chi connectivity index (χ1) is 7.79. The van der Waals surface area contributed by atoms with Crippen molar-refractivity contribution in [3.05, 3.63) is 29.6 Å². The molecule has 0 aromatic heterocycles. The van der Waals surface area contributed by atoms with Gasteiger partial charge in [0.2, 0.25) is 0 Å². The van der Waals surface area contributed by atoms with Crippen LogP contribution in [-0.4, -0.2) is 31.6 Å². The molecule has 1 aromatic carbocycles. The molecule has 0 amide bonds. The van der Waals surface area contributed by atoms with Crippen molar-refractivity contribution in [2.24, 2.45) is 0 Å². The standard InChI is InChI=1S/C12H17FN2S/c1-14-9-10-6-11(13)8-12(7-10)15-2-4-16-5-3-15/h6-8,14H,2-5,9H2,1H3. The lowest BCUT2D eigenvalue weighted by atomic mass is 10.1. The highest BCUT2D eigenvalue weighted by Gasteiger charge is 2.12. The Morgan fingerprint density at radius 3 is 2.75 bits per heavy atom. The summed E-state index contributed by atoms with van der Waals surface area (Å²) in [5.41, 5.74) is 2.03. The highest BCUT2D eigenvalue weighted by molar-refractivity contribution is 7.99. The third-order valence-corrected chi connectivity index (χ3v) is 3.64. The van der Waals surface area contributed by atoms with Crippen LogP contribution in [0.5, 0.6) is 0 Å². The van der Waals surface area contributed by atoms with E-state index in [9.17, 15) is 4.39 Å². The molecule has 0 atom stereocenters. The van der Waals surface area contributed by atoms with Crippen molar-refractivity contribution in [2.45, 2.75) is 6.54 Å². The second-order valence-electron chi connectivity index (χ2n) is 3.95. The third-order valence-electron chi connectivity index (χ3n) is 2.70. The number of nitrogens with one attached hydrogen (secondary N) is 1. The van der Waals surface area contributed by atoms with Crippen molar-refractivity contribution in [3.8, 4) is 0 Å². The van der Waals surface area contributed by atoms with E-state index in [1.54, 1.807) is 12.1 Å². The van der Waals surface area contributed by atoms with Crippen LogP contribution in [-0.2, 0) is 6.54 Å². The summed E-state index contributed by atoms with van der Waals surface area (Å²) < 4.78 is 13.4. The minimum absolute atomic E-state index is 0.138. The van der Waals surface area contributed by atoms with Crippen molar-refractivity contribution in [1.29, 1.82) is 0 Å². The third kappa shape index (κ3) is 2.89. The normalized spacial score (nSPS) is 16.5. The van der Waals surface area contributed by atoms with Crippen LogP contribution in [0, 0.1) is 5.82 Å². The van der Waals surface area contributed by atoms with Gasteiger partial charge in [0.15, 0.2) is 0 Å². The van der Waals surface area contributed by atoms with Gasteiger partial charge in [-0.05, 0) is 30.8 Å². The van der Waals surface area contributed by atoms with Crippen LogP contribution in [0.1, 0.15) is 5.56 Å². The Morgan fingerprint density at radius 1 is 1.31 bits per heavy atom. The number of halogens is 1. The number of anilines is 1. The molecule has 88 valence electrons. The van der Waals surface area contributed by atoms with E-state index in [0.29, 0.717) is 6.54 Å². The van der Waals surface area contributed by atoms with Crippen LogP contribution < -0.4 is 10.2 Å². The summed E-state index contributed by atoms with van der Waals surface area (Å²) in [7, 11) is 1.88. The molecule has 2 nitrogen and oxygen atoms in total. The molecule has 1 aliphatic rings. The molecule has 0 aliphatic carbocycles. The van der Waals surface area contributed by atoms with Crippen molar-refractivity contribution in [2.75, 3.05) is 36.5 Å². The maximum atomic E-state index is 13.4. The minimum Gasteiger partial charge on any atom is -0.370 e. The second kappa shape index (κ2) is 5.55. The summed E-state index contributed by atoms with van der Waals surface area (Å²) in [6.07, 6.45) is 0. The maximum absolute atomic E-state index is 13.4. The molecule has 0 bridgehead atoms. The first-order valence-electron chi connectivity index (χ1n) is 5.56. The Balaban J connectivity index is 2.18. The van der Waals surface area contributed by atoms with Gasteiger partial charge in [-0.3, -0.25) is 0 Å². The van der Waals surface area contributed by atoms with E-state index in [0.717, 1.165) is 35.8 Å². The molecule has 16 heavy (non-hydrogen) atoms. The van der Waals surface area contributed by atoms with E-state index in [2.05, 4.69) is 16.3 Å². The zero-order chi connectivity index (χ0) is 11.4. The fourth-order valence-corrected chi connectivity index (χ4v) is 2.85. The summed E-state index contributed by atoms with van der Waals surface area (Å²) in [6, 6.07) is 5.31. The molecule has 1 heterocycles. The quantitative estimate of drug-likeness (QED) is 0.871. The van der Waals surface area contributed by atoms with Gasteiger partial charge in [0.1, 0.15) is 5.82 Å². The number of nitrogens with zero attached hydrogens (tertiary/aromatic N) is 1. The molecule has 2 rings (SSSR count). The lowest BCUT2D eigenvalue weighted by Crippen LogP contribution is -2.32. The SMILES string of the molecule is CNCc1cc(F)cc(N2CCSCC2)c1. The van der Waals surface area contributed by atoms with Gasteiger partial charge in [-0.15, -0.1) is 0 Å². The predicted molar refractivity (Wildman–Crippen MR) is 68.7 cm³/mol. The van der Waals surface area contributed by atoms with E-state index in [4.69, 9.17) is 0 Å². The number of thioether (sulfide) groups is 1. The topological polar surface area (TPSA) is 15.3 Å². The molecule has 1 aromatic rings. The number of rotatable bonds is 3. The van der Waals surface area contributed by atoms with Gasteiger partial charge in [-0.1, -0.05) is 0 Å². The Morgan fingerprint density at radius 2 is 2.06 bits per heavy atom. The summed E-state index contributed by atoms with van der Waals surface area (Å²) in [5.74, 6) is 2.14. The van der Waals surface area contributed by atoms with Crippen molar-refractivity contribution < 1.29 is 4.39 Å².